The fourth-order valence-electron chi connectivity index (χ4n) is 1.63. The van der Waals surface area contributed by atoms with E-state index < -0.39 is 0 Å². The van der Waals surface area contributed by atoms with Crippen molar-refractivity contribution in [3.8, 4) is 16.4 Å². The van der Waals surface area contributed by atoms with Crippen molar-refractivity contribution >= 4 is 11.3 Å². The monoisotopic (exact) mass is 245 g/mol. The first kappa shape index (κ1) is 10.2. The van der Waals surface area contributed by atoms with E-state index in [1.807, 2.05) is 11.4 Å². The Balaban J connectivity index is 2.17. The molecule has 3 aromatic rings. The second kappa shape index (κ2) is 4.10. The Bertz CT molecular complexity index is 631. The van der Waals surface area contributed by atoms with Crippen molar-refractivity contribution in [1.29, 1.82) is 0 Å². The molecule has 84 valence electrons. The molecule has 0 radical (unpaired) electrons. The normalized spacial score (nSPS) is 10.6. The van der Waals surface area contributed by atoms with Crippen LogP contribution >= 0.6 is 11.3 Å². The summed E-state index contributed by atoms with van der Waals surface area (Å²) in [6.07, 6.45) is 3.36. The van der Waals surface area contributed by atoms with Gasteiger partial charge < -0.3 is 0 Å². The van der Waals surface area contributed by atoms with Crippen LogP contribution in [-0.4, -0.2) is 14.8 Å². The van der Waals surface area contributed by atoms with Gasteiger partial charge in [0, 0.05) is 11.6 Å². The van der Waals surface area contributed by atoms with Crippen LogP contribution in [0, 0.1) is 5.82 Å². The van der Waals surface area contributed by atoms with Gasteiger partial charge in [-0.2, -0.15) is 5.10 Å². The predicted molar refractivity (Wildman–Crippen MR) is 64.6 cm³/mol. The Morgan fingerprint density at radius 2 is 2.00 bits per heavy atom. The maximum absolute atomic E-state index is 13.7. The van der Waals surface area contributed by atoms with Gasteiger partial charge in [0.05, 0.1) is 6.20 Å². The Morgan fingerprint density at radius 3 is 2.76 bits per heavy atom. The first-order valence-corrected chi connectivity index (χ1v) is 5.93. The van der Waals surface area contributed by atoms with Crippen molar-refractivity contribution in [3.05, 3.63) is 53.9 Å². The fourth-order valence-corrected chi connectivity index (χ4v) is 2.28. The quantitative estimate of drug-likeness (QED) is 0.694. The van der Waals surface area contributed by atoms with Crippen LogP contribution in [0.2, 0.25) is 0 Å². The lowest BCUT2D eigenvalue weighted by Crippen LogP contribution is -2.01. The molecular weight excluding hydrogens is 237 g/mol. The van der Waals surface area contributed by atoms with Crippen LogP contribution in [-0.2, 0) is 0 Å². The molecule has 0 aliphatic carbocycles. The summed E-state index contributed by atoms with van der Waals surface area (Å²) in [5.41, 5.74) is 1.23. The molecule has 1 aromatic carbocycles. The molecule has 0 saturated heterocycles. The zero-order chi connectivity index (χ0) is 11.7. The van der Waals surface area contributed by atoms with Crippen molar-refractivity contribution in [3.63, 3.8) is 0 Å². The van der Waals surface area contributed by atoms with E-state index in [1.54, 1.807) is 35.3 Å². The molecule has 0 amide bonds. The van der Waals surface area contributed by atoms with Gasteiger partial charge in [-0.05, 0) is 18.2 Å². The Labute approximate surface area is 101 Å². The summed E-state index contributed by atoms with van der Waals surface area (Å²) >= 11 is 1.50. The zero-order valence-corrected chi connectivity index (χ0v) is 9.56. The number of rotatable bonds is 2. The predicted octanol–water partition coefficient (Wildman–Crippen LogP) is 3.13. The van der Waals surface area contributed by atoms with Crippen molar-refractivity contribution in [2.45, 2.75) is 0 Å². The third-order valence-electron chi connectivity index (χ3n) is 2.37. The highest BCUT2D eigenvalue weighted by molar-refractivity contribution is 7.13. The molecular formula is C12H8FN3S. The topological polar surface area (TPSA) is 30.7 Å². The molecule has 3 nitrogen and oxygen atoms in total. The van der Waals surface area contributed by atoms with Gasteiger partial charge in [-0.25, -0.2) is 14.1 Å². The lowest BCUT2D eigenvalue weighted by molar-refractivity contribution is 0.611. The summed E-state index contributed by atoms with van der Waals surface area (Å²) in [6.45, 7) is 0. The summed E-state index contributed by atoms with van der Waals surface area (Å²) in [5.74, 6) is -0.297. The first-order valence-electron chi connectivity index (χ1n) is 5.05. The average Bonchev–Trinajstić information content (AvgIpc) is 3.00. The van der Waals surface area contributed by atoms with Crippen molar-refractivity contribution in [1.82, 2.24) is 14.8 Å². The third-order valence-corrected chi connectivity index (χ3v) is 3.17. The van der Waals surface area contributed by atoms with Gasteiger partial charge in [-0.15, -0.1) is 11.3 Å². The number of aromatic nitrogens is 3. The number of halogens is 1. The van der Waals surface area contributed by atoms with Crippen LogP contribution in [0.25, 0.3) is 16.4 Å². The Kier molecular flexibility index (Phi) is 2.45. The van der Waals surface area contributed by atoms with Gasteiger partial charge >= 0.3 is 0 Å². The van der Waals surface area contributed by atoms with Gasteiger partial charge in [0.2, 0.25) is 0 Å². The molecule has 0 atom stereocenters. The van der Waals surface area contributed by atoms with Crippen molar-refractivity contribution < 1.29 is 4.39 Å². The van der Waals surface area contributed by atoms with Crippen LogP contribution in [0.4, 0.5) is 4.39 Å². The molecule has 0 unspecified atom stereocenters. The van der Waals surface area contributed by atoms with Crippen molar-refractivity contribution in [2.75, 3.05) is 0 Å². The summed E-state index contributed by atoms with van der Waals surface area (Å²) in [7, 11) is 0. The smallest absolute Gasteiger partial charge is 0.148 e. The molecule has 0 aliphatic rings. The summed E-state index contributed by atoms with van der Waals surface area (Å²) in [6, 6.07) is 8.38. The van der Waals surface area contributed by atoms with Gasteiger partial charge in [0.15, 0.2) is 0 Å². The van der Waals surface area contributed by atoms with E-state index in [4.69, 9.17) is 0 Å². The molecule has 17 heavy (non-hydrogen) atoms. The van der Waals surface area contributed by atoms with E-state index in [2.05, 4.69) is 10.1 Å². The number of thiazole rings is 1. The Morgan fingerprint density at radius 1 is 1.12 bits per heavy atom. The van der Waals surface area contributed by atoms with E-state index in [1.165, 1.54) is 17.4 Å². The summed E-state index contributed by atoms with van der Waals surface area (Å²) < 4.78 is 15.3. The second-order valence-electron chi connectivity index (χ2n) is 3.42. The summed E-state index contributed by atoms with van der Waals surface area (Å²) in [5, 5.41) is 6.85. The maximum atomic E-state index is 13.7. The molecule has 5 heteroatoms. The lowest BCUT2D eigenvalue weighted by atomic mass is 10.3. The third kappa shape index (κ3) is 1.74. The van der Waals surface area contributed by atoms with E-state index in [-0.39, 0.29) is 5.82 Å². The van der Waals surface area contributed by atoms with Gasteiger partial charge in [-0.3, -0.25) is 0 Å². The minimum atomic E-state index is -0.297. The van der Waals surface area contributed by atoms with Crippen molar-refractivity contribution in [2.24, 2.45) is 0 Å². The number of hydrogen-bond donors (Lipinski definition) is 0. The SMILES string of the molecule is Fc1ccccc1-n1nccc1-c1nccs1. The molecule has 0 saturated carbocycles. The Hall–Kier alpha value is -2.01. The molecule has 0 N–H and O–H groups in total. The fraction of sp³-hybridized carbons (Fsp3) is 0. The molecule has 2 heterocycles. The maximum Gasteiger partial charge on any atom is 0.148 e. The second-order valence-corrected chi connectivity index (χ2v) is 4.31. The molecule has 3 rings (SSSR count). The molecule has 0 fully saturated rings. The highest BCUT2D eigenvalue weighted by Crippen LogP contribution is 2.24. The highest BCUT2D eigenvalue weighted by Gasteiger charge is 2.11. The van der Waals surface area contributed by atoms with Crippen LogP contribution in [0.15, 0.2) is 48.1 Å². The largest absolute Gasteiger partial charge is 0.243 e. The van der Waals surface area contributed by atoms with E-state index in [9.17, 15) is 4.39 Å². The van der Waals surface area contributed by atoms with Crippen LogP contribution in [0.3, 0.4) is 0 Å². The zero-order valence-electron chi connectivity index (χ0n) is 8.75. The molecule has 0 aliphatic heterocycles. The average molecular weight is 245 g/mol. The van der Waals surface area contributed by atoms with Gasteiger partial charge in [0.1, 0.15) is 22.2 Å². The number of benzene rings is 1. The standard InChI is InChI=1S/C12H8FN3S/c13-9-3-1-2-4-10(9)16-11(5-6-15-16)12-14-7-8-17-12/h1-8H. The summed E-state index contributed by atoms with van der Waals surface area (Å²) in [4.78, 5) is 4.21. The molecule has 0 spiro atoms. The molecule has 0 bridgehead atoms. The first-order chi connectivity index (χ1) is 8.36. The van der Waals surface area contributed by atoms with E-state index in [0.29, 0.717) is 5.69 Å². The minimum Gasteiger partial charge on any atom is -0.243 e. The van der Waals surface area contributed by atoms with Gasteiger partial charge in [-0.1, -0.05) is 12.1 Å². The lowest BCUT2D eigenvalue weighted by Gasteiger charge is -2.06. The van der Waals surface area contributed by atoms with Crippen LogP contribution in [0.1, 0.15) is 0 Å². The number of para-hydroxylation sites is 1. The van der Waals surface area contributed by atoms with E-state index in [0.717, 1.165) is 10.7 Å². The number of hydrogen-bond acceptors (Lipinski definition) is 3. The van der Waals surface area contributed by atoms with Gasteiger partial charge in [0.25, 0.3) is 0 Å². The van der Waals surface area contributed by atoms with Crippen LogP contribution < -0.4 is 0 Å². The highest BCUT2D eigenvalue weighted by atomic mass is 32.1. The van der Waals surface area contributed by atoms with E-state index >= 15 is 0 Å². The minimum absolute atomic E-state index is 0.297. The molecule has 2 aromatic heterocycles. The number of nitrogens with zero attached hydrogens (tertiary/aromatic N) is 3. The van der Waals surface area contributed by atoms with Crippen LogP contribution in [0.5, 0.6) is 0 Å².